The van der Waals surface area contributed by atoms with Crippen LogP contribution >= 0.6 is 11.6 Å². The lowest BCUT2D eigenvalue weighted by molar-refractivity contribution is -0.138. The van der Waals surface area contributed by atoms with Gasteiger partial charge in [0, 0.05) is 29.2 Å². The van der Waals surface area contributed by atoms with Crippen molar-refractivity contribution in [3.05, 3.63) is 81.9 Å². The average Bonchev–Trinajstić information content (AvgIpc) is 3.03. The Morgan fingerprint density at radius 3 is 2.70 bits per heavy atom. The van der Waals surface area contributed by atoms with Crippen molar-refractivity contribution in [3.63, 3.8) is 0 Å². The van der Waals surface area contributed by atoms with Gasteiger partial charge in [0.15, 0.2) is 5.78 Å². The number of pyridine rings is 1. The fraction of sp³-hybridized carbons (Fsp3) is 0.211. The molecule has 0 N–H and O–H groups in total. The predicted molar refractivity (Wildman–Crippen MR) is 94.8 cm³/mol. The van der Waals surface area contributed by atoms with E-state index in [0.717, 1.165) is 11.6 Å². The van der Waals surface area contributed by atoms with E-state index in [1.54, 1.807) is 31.5 Å². The molecule has 3 rings (SSSR count). The minimum atomic E-state index is -4.51. The number of alkyl halides is 3. The molecule has 3 aromatic rings. The maximum absolute atomic E-state index is 13.2. The van der Waals surface area contributed by atoms with Crippen molar-refractivity contribution in [1.82, 2.24) is 14.8 Å². The zero-order valence-electron chi connectivity index (χ0n) is 14.3. The molecule has 140 valence electrons. The smallest absolute Gasteiger partial charge is 0.294 e. The van der Waals surface area contributed by atoms with E-state index in [9.17, 15) is 18.0 Å². The van der Waals surface area contributed by atoms with E-state index >= 15 is 0 Å². The van der Waals surface area contributed by atoms with Crippen LogP contribution in [-0.4, -0.2) is 20.5 Å². The Kier molecular flexibility index (Phi) is 5.32. The van der Waals surface area contributed by atoms with Crippen LogP contribution in [0.2, 0.25) is 5.02 Å². The third-order valence-corrected chi connectivity index (χ3v) is 4.30. The molecule has 0 amide bonds. The van der Waals surface area contributed by atoms with Gasteiger partial charge in [0.2, 0.25) is 0 Å². The summed E-state index contributed by atoms with van der Waals surface area (Å²) < 4.78 is 41.0. The zero-order valence-corrected chi connectivity index (χ0v) is 15.1. The Hall–Kier alpha value is -2.67. The van der Waals surface area contributed by atoms with Gasteiger partial charge in [0.1, 0.15) is 0 Å². The van der Waals surface area contributed by atoms with Crippen molar-refractivity contribution in [2.24, 2.45) is 0 Å². The molecule has 0 spiro atoms. The largest absolute Gasteiger partial charge is 0.416 e. The summed E-state index contributed by atoms with van der Waals surface area (Å²) in [7, 11) is 0. The number of benzene rings is 1. The van der Waals surface area contributed by atoms with Gasteiger partial charge in [-0.3, -0.25) is 14.5 Å². The quantitative estimate of drug-likeness (QED) is 0.589. The number of rotatable bonds is 5. The molecule has 1 aromatic carbocycles. The van der Waals surface area contributed by atoms with Gasteiger partial charge in [-0.2, -0.15) is 18.3 Å². The van der Waals surface area contributed by atoms with Crippen molar-refractivity contribution >= 4 is 17.4 Å². The summed E-state index contributed by atoms with van der Waals surface area (Å²) in [5, 5.41) is 4.25. The Morgan fingerprint density at radius 2 is 2.00 bits per heavy atom. The van der Waals surface area contributed by atoms with Gasteiger partial charge in [-0.15, -0.1) is 0 Å². The summed E-state index contributed by atoms with van der Waals surface area (Å²) in [5.74, 6) is -0.123. The first-order valence-corrected chi connectivity index (χ1v) is 8.43. The lowest BCUT2D eigenvalue weighted by atomic mass is 10.0. The minimum absolute atomic E-state index is 0.0190. The number of ketones is 1. The van der Waals surface area contributed by atoms with Crippen LogP contribution in [0, 0.1) is 6.92 Å². The maximum Gasteiger partial charge on any atom is 0.416 e. The van der Waals surface area contributed by atoms with Gasteiger partial charge in [0.05, 0.1) is 24.2 Å². The Bertz CT molecular complexity index is 982. The third kappa shape index (κ3) is 4.54. The zero-order chi connectivity index (χ0) is 19.6. The van der Waals surface area contributed by atoms with Gasteiger partial charge in [-0.1, -0.05) is 17.7 Å². The van der Waals surface area contributed by atoms with Crippen LogP contribution in [-0.2, 0) is 19.1 Å². The van der Waals surface area contributed by atoms with Gasteiger partial charge in [-0.05, 0) is 42.3 Å². The van der Waals surface area contributed by atoms with Crippen LogP contribution < -0.4 is 0 Å². The molecule has 0 radical (unpaired) electrons. The number of hydrogen-bond donors (Lipinski definition) is 0. The molecule has 0 bridgehead atoms. The first-order valence-electron chi connectivity index (χ1n) is 8.06. The number of carbonyl (C=O) groups is 1. The highest BCUT2D eigenvalue weighted by Crippen LogP contribution is 2.34. The molecule has 0 unspecified atom stereocenters. The van der Waals surface area contributed by atoms with Crippen LogP contribution in [0.1, 0.15) is 32.7 Å². The molecule has 8 heteroatoms. The number of aryl methyl sites for hydroxylation is 1. The van der Waals surface area contributed by atoms with E-state index in [4.69, 9.17) is 11.6 Å². The van der Waals surface area contributed by atoms with E-state index in [2.05, 4.69) is 10.1 Å². The van der Waals surface area contributed by atoms with Crippen LogP contribution in [0.5, 0.6) is 0 Å². The summed E-state index contributed by atoms with van der Waals surface area (Å²) in [4.78, 5) is 16.3. The molecular formula is C19H15ClF3N3O. The van der Waals surface area contributed by atoms with Crippen molar-refractivity contribution in [2.45, 2.75) is 26.1 Å². The molecule has 0 saturated heterocycles. The highest BCUT2D eigenvalue weighted by atomic mass is 35.5. The lowest BCUT2D eigenvalue weighted by Crippen LogP contribution is -2.12. The second-order valence-corrected chi connectivity index (χ2v) is 6.53. The van der Waals surface area contributed by atoms with Gasteiger partial charge in [-0.25, -0.2) is 0 Å². The molecule has 0 fully saturated rings. The monoisotopic (exact) mass is 393 g/mol. The molecule has 0 aliphatic heterocycles. The molecule has 0 aliphatic rings. The van der Waals surface area contributed by atoms with Crippen LogP contribution in [0.4, 0.5) is 13.2 Å². The minimum Gasteiger partial charge on any atom is -0.294 e. The van der Waals surface area contributed by atoms with Crippen LogP contribution in [0.25, 0.3) is 0 Å². The second kappa shape index (κ2) is 7.52. The summed E-state index contributed by atoms with van der Waals surface area (Å²) in [5.41, 5.74) is 1.06. The fourth-order valence-corrected chi connectivity index (χ4v) is 2.93. The van der Waals surface area contributed by atoms with Crippen molar-refractivity contribution in [1.29, 1.82) is 0 Å². The molecule has 27 heavy (non-hydrogen) atoms. The number of Topliss-reactive ketones (excluding diaryl/α,β-unsaturated/α-hetero) is 1. The average molecular weight is 394 g/mol. The second-order valence-electron chi connectivity index (χ2n) is 6.09. The van der Waals surface area contributed by atoms with Gasteiger partial charge in [0.25, 0.3) is 0 Å². The number of halogens is 4. The summed E-state index contributed by atoms with van der Waals surface area (Å²) >= 11 is 5.69. The van der Waals surface area contributed by atoms with Crippen molar-refractivity contribution in [2.75, 3.05) is 0 Å². The SMILES string of the molecule is Cc1cnccc1C(=O)Cc1ccn(Cc2ccc(Cl)cc2C(F)(F)F)n1. The van der Waals surface area contributed by atoms with E-state index in [0.29, 0.717) is 11.3 Å². The number of hydrogen-bond acceptors (Lipinski definition) is 3. The van der Waals surface area contributed by atoms with E-state index in [-0.39, 0.29) is 29.3 Å². The molecule has 4 nitrogen and oxygen atoms in total. The molecule has 2 aromatic heterocycles. The van der Waals surface area contributed by atoms with Gasteiger partial charge < -0.3 is 0 Å². The third-order valence-electron chi connectivity index (χ3n) is 4.07. The van der Waals surface area contributed by atoms with Crippen molar-refractivity contribution < 1.29 is 18.0 Å². The summed E-state index contributed by atoms with van der Waals surface area (Å²) in [6.07, 6.45) is 0.246. The summed E-state index contributed by atoms with van der Waals surface area (Å²) in [6.45, 7) is 1.71. The predicted octanol–water partition coefficient (Wildman–Crippen LogP) is 4.73. The lowest BCUT2D eigenvalue weighted by Gasteiger charge is -2.13. The first-order chi connectivity index (χ1) is 12.7. The molecule has 0 saturated carbocycles. The number of carbonyl (C=O) groups excluding carboxylic acids is 1. The van der Waals surface area contributed by atoms with E-state index < -0.39 is 11.7 Å². The highest BCUT2D eigenvalue weighted by Gasteiger charge is 2.33. The number of aromatic nitrogens is 3. The molecule has 0 atom stereocenters. The topological polar surface area (TPSA) is 47.8 Å². The highest BCUT2D eigenvalue weighted by molar-refractivity contribution is 6.30. The van der Waals surface area contributed by atoms with Crippen LogP contribution in [0.3, 0.4) is 0 Å². The summed E-state index contributed by atoms with van der Waals surface area (Å²) in [6, 6.07) is 6.90. The normalized spacial score (nSPS) is 11.6. The first kappa shape index (κ1) is 19.1. The van der Waals surface area contributed by atoms with E-state index in [1.807, 2.05) is 0 Å². The fourth-order valence-electron chi connectivity index (χ4n) is 2.76. The Labute approximate surface area is 158 Å². The molecule has 2 heterocycles. The number of nitrogens with zero attached hydrogens (tertiary/aromatic N) is 3. The Morgan fingerprint density at radius 1 is 1.22 bits per heavy atom. The standard InChI is InChI=1S/C19H15ClF3N3O/c1-12-10-24-6-4-16(12)18(27)9-15-5-7-26(25-15)11-13-2-3-14(20)8-17(13)19(21,22)23/h2-8,10H,9,11H2,1H3. The van der Waals surface area contributed by atoms with Gasteiger partial charge >= 0.3 is 6.18 Å². The van der Waals surface area contributed by atoms with E-state index in [1.165, 1.54) is 23.0 Å². The maximum atomic E-state index is 13.2. The van der Waals surface area contributed by atoms with Crippen molar-refractivity contribution in [3.8, 4) is 0 Å². The Balaban J connectivity index is 1.78. The molecular weight excluding hydrogens is 379 g/mol. The van der Waals surface area contributed by atoms with Crippen LogP contribution in [0.15, 0.2) is 48.9 Å². The molecule has 0 aliphatic carbocycles.